The largest absolute Gasteiger partial charge is 0.366 e. The van der Waals surface area contributed by atoms with Gasteiger partial charge in [-0.15, -0.1) is 0 Å². The van der Waals surface area contributed by atoms with Crippen LogP contribution in [0.15, 0.2) is 42.5 Å². The smallest absolute Gasteiger partial charge is 0.261 e. The van der Waals surface area contributed by atoms with Crippen LogP contribution in [0.2, 0.25) is 0 Å². The zero-order valence-corrected chi connectivity index (χ0v) is 11.9. The van der Waals surface area contributed by atoms with E-state index in [-0.39, 0.29) is 5.56 Å². The van der Waals surface area contributed by atoms with Gasteiger partial charge < -0.3 is 10.6 Å². The SMILES string of the molecule is NC(=O)c1cccc2c1CCCN2C(=O)c1ccccc1F. The van der Waals surface area contributed by atoms with E-state index in [1.165, 1.54) is 17.0 Å². The number of anilines is 1. The average Bonchev–Trinajstić information content (AvgIpc) is 2.53. The molecule has 0 spiro atoms. The number of amides is 2. The Morgan fingerprint density at radius 3 is 2.50 bits per heavy atom. The van der Waals surface area contributed by atoms with Crippen LogP contribution in [-0.4, -0.2) is 18.4 Å². The lowest BCUT2D eigenvalue weighted by Crippen LogP contribution is -2.36. The van der Waals surface area contributed by atoms with Crippen molar-refractivity contribution in [1.29, 1.82) is 0 Å². The van der Waals surface area contributed by atoms with Gasteiger partial charge in [-0.2, -0.15) is 0 Å². The zero-order valence-electron chi connectivity index (χ0n) is 11.9. The van der Waals surface area contributed by atoms with E-state index >= 15 is 0 Å². The summed E-state index contributed by atoms with van der Waals surface area (Å²) in [6.07, 6.45) is 1.38. The summed E-state index contributed by atoms with van der Waals surface area (Å²) in [7, 11) is 0. The first kappa shape index (κ1) is 14.3. The molecule has 0 aliphatic carbocycles. The van der Waals surface area contributed by atoms with Crippen molar-refractivity contribution in [3.05, 3.63) is 65.0 Å². The van der Waals surface area contributed by atoms with Crippen molar-refractivity contribution in [1.82, 2.24) is 0 Å². The monoisotopic (exact) mass is 298 g/mol. The van der Waals surface area contributed by atoms with E-state index in [4.69, 9.17) is 5.73 Å². The molecule has 1 aliphatic heterocycles. The Hall–Kier alpha value is -2.69. The molecule has 2 aromatic carbocycles. The van der Waals surface area contributed by atoms with Gasteiger partial charge in [-0.1, -0.05) is 18.2 Å². The molecule has 0 fully saturated rings. The Morgan fingerprint density at radius 1 is 1.05 bits per heavy atom. The minimum absolute atomic E-state index is 0.0276. The van der Waals surface area contributed by atoms with Crippen molar-refractivity contribution >= 4 is 17.5 Å². The fourth-order valence-corrected chi connectivity index (χ4v) is 2.85. The van der Waals surface area contributed by atoms with Gasteiger partial charge in [-0.05, 0) is 42.7 Å². The fraction of sp³-hybridized carbons (Fsp3) is 0.176. The predicted octanol–water partition coefficient (Wildman–Crippen LogP) is 2.52. The van der Waals surface area contributed by atoms with Gasteiger partial charge in [0.05, 0.1) is 5.56 Å². The molecule has 0 unspecified atom stereocenters. The van der Waals surface area contributed by atoms with Crippen molar-refractivity contribution in [2.75, 3.05) is 11.4 Å². The molecule has 3 rings (SSSR count). The van der Waals surface area contributed by atoms with E-state index in [1.54, 1.807) is 30.3 Å². The topological polar surface area (TPSA) is 63.4 Å². The maximum atomic E-state index is 13.9. The Bertz CT molecular complexity index is 758. The van der Waals surface area contributed by atoms with Gasteiger partial charge in [0, 0.05) is 17.8 Å². The van der Waals surface area contributed by atoms with Crippen molar-refractivity contribution in [2.45, 2.75) is 12.8 Å². The van der Waals surface area contributed by atoms with E-state index in [2.05, 4.69) is 0 Å². The summed E-state index contributed by atoms with van der Waals surface area (Å²) in [5.41, 5.74) is 7.23. The van der Waals surface area contributed by atoms with Crippen molar-refractivity contribution in [3.8, 4) is 0 Å². The first-order valence-electron chi connectivity index (χ1n) is 7.07. The number of nitrogens with two attached hydrogens (primary N) is 1. The van der Waals surface area contributed by atoms with Crippen LogP contribution in [-0.2, 0) is 6.42 Å². The summed E-state index contributed by atoms with van der Waals surface area (Å²) >= 11 is 0. The highest BCUT2D eigenvalue weighted by Crippen LogP contribution is 2.31. The molecule has 2 amide bonds. The molecule has 5 heteroatoms. The summed E-state index contributed by atoms with van der Waals surface area (Å²) in [5.74, 6) is -1.47. The Balaban J connectivity index is 2.06. The molecular weight excluding hydrogens is 283 g/mol. The molecular formula is C17H15FN2O2. The number of nitrogens with zero attached hydrogens (tertiary/aromatic N) is 1. The normalized spacial score (nSPS) is 13.6. The standard InChI is InChI=1S/C17H15FN2O2/c18-14-8-2-1-5-13(14)17(22)20-10-4-7-11-12(16(19)21)6-3-9-15(11)20/h1-3,5-6,8-9H,4,7,10H2,(H2,19,21). The van der Waals surface area contributed by atoms with Crippen LogP contribution >= 0.6 is 0 Å². The highest BCUT2D eigenvalue weighted by molar-refractivity contribution is 6.08. The third-order valence-corrected chi connectivity index (χ3v) is 3.87. The predicted molar refractivity (Wildman–Crippen MR) is 81.4 cm³/mol. The number of primary amides is 1. The molecule has 0 aromatic heterocycles. The van der Waals surface area contributed by atoms with E-state index in [0.717, 1.165) is 5.56 Å². The molecule has 0 saturated heterocycles. The average molecular weight is 298 g/mol. The van der Waals surface area contributed by atoms with E-state index in [1.807, 2.05) is 0 Å². The Kier molecular flexibility index (Phi) is 3.63. The second-order valence-corrected chi connectivity index (χ2v) is 5.21. The number of carbonyl (C=O) groups excluding carboxylic acids is 2. The summed E-state index contributed by atoms with van der Waals surface area (Å²) in [4.78, 5) is 25.7. The first-order valence-corrected chi connectivity index (χ1v) is 7.07. The van der Waals surface area contributed by atoms with E-state index in [9.17, 15) is 14.0 Å². The number of rotatable bonds is 2. The molecule has 0 saturated carbocycles. The quantitative estimate of drug-likeness (QED) is 0.926. The van der Waals surface area contributed by atoms with Crippen LogP contribution in [0, 0.1) is 5.82 Å². The number of halogens is 1. The minimum atomic E-state index is -0.550. The van der Waals surface area contributed by atoms with Crippen LogP contribution in [0.3, 0.4) is 0 Å². The Labute approximate surface area is 127 Å². The van der Waals surface area contributed by atoms with Crippen LogP contribution in [0.25, 0.3) is 0 Å². The molecule has 0 bridgehead atoms. The first-order chi connectivity index (χ1) is 10.6. The molecule has 1 aliphatic rings. The molecule has 1 heterocycles. The molecule has 0 radical (unpaired) electrons. The lowest BCUT2D eigenvalue weighted by molar-refractivity contribution is 0.0974. The van der Waals surface area contributed by atoms with Crippen LogP contribution in [0.4, 0.5) is 10.1 Å². The number of hydrogen-bond donors (Lipinski definition) is 1. The van der Waals surface area contributed by atoms with Gasteiger partial charge in [-0.3, -0.25) is 9.59 Å². The number of fused-ring (bicyclic) bond motifs is 1. The fourth-order valence-electron chi connectivity index (χ4n) is 2.85. The molecule has 2 N–H and O–H groups in total. The van der Waals surface area contributed by atoms with Gasteiger partial charge in [0.15, 0.2) is 0 Å². The zero-order chi connectivity index (χ0) is 15.7. The van der Waals surface area contributed by atoms with Gasteiger partial charge in [0.1, 0.15) is 5.82 Å². The van der Waals surface area contributed by atoms with Gasteiger partial charge in [0.25, 0.3) is 5.91 Å². The van der Waals surface area contributed by atoms with Crippen molar-refractivity contribution in [3.63, 3.8) is 0 Å². The highest BCUT2D eigenvalue weighted by Gasteiger charge is 2.27. The summed E-state index contributed by atoms with van der Waals surface area (Å²) < 4.78 is 13.9. The highest BCUT2D eigenvalue weighted by atomic mass is 19.1. The van der Waals surface area contributed by atoms with E-state index < -0.39 is 17.6 Å². The van der Waals surface area contributed by atoms with Gasteiger partial charge >= 0.3 is 0 Å². The molecule has 112 valence electrons. The lowest BCUT2D eigenvalue weighted by atomic mass is 9.95. The number of benzene rings is 2. The van der Waals surface area contributed by atoms with Crippen LogP contribution in [0.5, 0.6) is 0 Å². The summed E-state index contributed by atoms with van der Waals surface area (Å²) in [5, 5.41) is 0. The molecule has 2 aromatic rings. The second kappa shape index (κ2) is 5.60. The third-order valence-electron chi connectivity index (χ3n) is 3.87. The second-order valence-electron chi connectivity index (χ2n) is 5.21. The van der Waals surface area contributed by atoms with Crippen LogP contribution in [0.1, 0.15) is 32.7 Å². The lowest BCUT2D eigenvalue weighted by Gasteiger charge is -2.30. The van der Waals surface area contributed by atoms with Crippen molar-refractivity contribution in [2.24, 2.45) is 5.73 Å². The number of hydrogen-bond acceptors (Lipinski definition) is 2. The maximum absolute atomic E-state index is 13.9. The molecule has 22 heavy (non-hydrogen) atoms. The van der Waals surface area contributed by atoms with Crippen LogP contribution < -0.4 is 10.6 Å². The van der Waals surface area contributed by atoms with E-state index in [0.29, 0.717) is 30.6 Å². The van der Waals surface area contributed by atoms with Gasteiger partial charge in [0.2, 0.25) is 5.91 Å². The third kappa shape index (κ3) is 2.35. The molecule has 4 nitrogen and oxygen atoms in total. The number of carbonyl (C=O) groups is 2. The minimum Gasteiger partial charge on any atom is -0.366 e. The van der Waals surface area contributed by atoms with Crippen molar-refractivity contribution < 1.29 is 14.0 Å². The summed E-state index contributed by atoms with van der Waals surface area (Å²) in [6.45, 7) is 0.488. The maximum Gasteiger partial charge on any atom is 0.261 e. The van der Waals surface area contributed by atoms with Gasteiger partial charge in [-0.25, -0.2) is 4.39 Å². The Morgan fingerprint density at radius 2 is 1.77 bits per heavy atom. The molecule has 0 atom stereocenters. The summed E-state index contributed by atoms with van der Waals surface area (Å²) in [6, 6.07) is 11.0.